The van der Waals surface area contributed by atoms with Gasteiger partial charge in [0.25, 0.3) is 5.56 Å². The third-order valence-electron chi connectivity index (χ3n) is 3.59. The van der Waals surface area contributed by atoms with Gasteiger partial charge in [0, 0.05) is 18.8 Å². The van der Waals surface area contributed by atoms with Crippen molar-refractivity contribution in [3.63, 3.8) is 0 Å². The summed E-state index contributed by atoms with van der Waals surface area (Å²) in [6.07, 6.45) is 1.87. The van der Waals surface area contributed by atoms with E-state index in [0.29, 0.717) is 16.8 Å². The van der Waals surface area contributed by atoms with Crippen molar-refractivity contribution >= 4 is 16.8 Å². The van der Waals surface area contributed by atoms with Crippen LogP contribution in [-0.4, -0.2) is 18.9 Å². The van der Waals surface area contributed by atoms with Gasteiger partial charge in [0.15, 0.2) is 11.2 Å². The fourth-order valence-electron chi connectivity index (χ4n) is 2.60. The molecule has 0 aliphatic heterocycles. The van der Waals surface area contributed by atoms with Crippen molar-refractivity contribution in [1.29, 1.82) is 0 Å². The number of fused-ring (bicyclic) bond motifs is 3. The Balaban J connectivity index is 2.18. The van der Waals surface area contributed by atoms with Crippen molar-refractivity contribution in [1.82, 2.24) is 18.9 Å². The van der Waals surface area contributed by atoms with Crippen LogP contribution in [0.2, 0.25) is 0 Å². The zero-order valence-corrected chi connectivity index (χ0v) is 11.4. The van der Waals surface area contributed by atoms with Gasteiger partial charge in [-0.15, -0.1) is 0 Å². The Labute approximate surface area is 120 Å². The summed E-state index contributed by atoms with van der Waals surface area (Å²) < 4.78 is 3.64. The van der Waals surface area contributed by atoms with Gasteiger partial charge in [-0.2, -0.15) is 4.98 Å². The monoisotopic (exact) mass is 276 g/mol. The van der Waals surface area contributed by atoms with Gasteiger partial charge in [0.2, 0.25) is 0 Å². The summed E-state index contributed by atoms with van der Waals surface area (Å²) >= 11 is 0. The van der Waals surface area contributed by atoms with E-state index in [1.54, 1.807) is 10.6 Å². The summed E-state index contributed by atoms with van der Waals surface area (Å²) in [5.74, 6) is 0.758. The molecule has 0 fully saturated rings. The lowest BCUT2D eigenvalue weighted by atomic mass is 10.2. The van der Waals surface area contributed by atoms with Crippen LogP contribution in [0.5, 0.6) is 0 Å². The van der Waals surface area contributed by atoms with Gasteiger partial charge in [-0.1, -0.05) is 36.4 Å². The SMILES string of the molecule is Cn1c(-c2ccccc2)nc2c1c(=O)nc1ccccn12. The average Bonchev–Trinajstić information content (AvgIpc) is 2.87. The molecular formula is C16H12N4O. The molecule has 21 heavy (non-hydrogen) atoms. The molecule has 0 spiro atoms. The molecule has 3 heterocycles. The van der Waals surface area contributed by atoms with Crippen molar-refractivity contribution in [2.24, 2.45) is 7.05 Å². The standard InChI is InChI=1S/C16H12N4O/c1-19-13-15(18-14(19)11-7-3-2-4-8-11)20-10-6-5-9-12(20)17-16(13)21/h2-10H,1H3. The highest BCUT2D eigenvalue weighted by atomic mass is 16.1. The first-order chi connectivity index (χ1) is 10.3. The van der Waals surface area contributed by atoms with Gasteiger partial charge in [-0.3, -0.25) is 9.20 Å². The number of rotatable bonds is 1. The van der Waals surface area contributed by atoms with E-state index in [1.807, 2.05) is 60.1 Å². The highest BCUT2D eigenvalue weighted by Crippen LogP contribution is 2.21. The first-order valence-electron chi connectivity index (χ1n) is 6.65. The molecule has 0 aliphatic rings. The maximum atomic E-state index is 12.3. The van der Waals surface area contributed by atoms with Crippen LogP contribution in [0.3, 0.4) is 0 Å². The first-order valence-corrected chi connectivity index (χ1v) is 6.65. The average molecular weight is 276 g/mol. The molecule has 0 N–H and O–H groups in total. The number of aryl methyl sites for hydroxylation is 1. The van der Waals surface area contributed by atoms with Gasteiger partial charge in [-0.05, 0) is 12.1 Å². The minimum absolute atomic E-state index is 0.256. The molecule has 4 aromatic rings. The third-order valence-corrected chi connectivity index (χ3v) is 3.59. The third kappa shape index (κ3) is 1.67. The quantitative estimate of drug-likeness (QED) is 0.536. The second-order valence-corrected chi connectivity index (χ2v) is 4.88. The van der Waals surface area contributed by atoms with Gasteiger partial charge in [-0.25, -0.2) is 4.98 Å². The van der Waals surface area contributed by atoms with Crippen LogP contribution in [-0.2, 0) is 7.05 Å². The Bertz CT molecular complexity index is 1010. The normalized spacial score (nSPS) is 11.3. The van der Waals surface area contributed by atoms with Crippen molar-refractivity contribution in [2.75, 3.05) is 0 Å². The highest BCUT2D eigenvalue weighted by molar-refractivity contribution is 5.78. The van der Waals surface area contributed by atoms with E-state index < -0.39 is 0 Å². The van der Waals surface area contributed by atoms with Gasteiger partial charge in [0.05, 0.1) is 0 Å². The van der Waals surface area contributed by atoms with Crippen LogP contribution in [0.4, 0.5) is 0 Å². The van der Waals surface area contributed by atoms with E-state index in [4.69, 9.17) is 0 Å². The Morgan fingerprint density at radius 2 is 1.71 bits per heavy atom. The molecule has 0 bridgehead atoms. The maximum Gasteiger partial charge on any atom is 0.299 e. The summed E-state index contributed by atoms with van der Waals surface area (Å²) in [4.78, 5) is 21.0. The summed E-state index contributed by atoms with van der Waals surface area (Å²) in [7, 11) is 1.84. The van der Waals surface area contributed by atoms with E-state index in [2.05, 4.69) is 9.97 Å². The molecule has 102 valence electrons. The highest BCUT2D eigenvalue weighted by Gasteiger charge is 2.15. The zero-order valence-electron chi connectivity index (χ0n) is 11.4. The van der Waals surface area contributed by atoms with E-state index >= 15 is 0 Å². The minimum atomic E-state index is -0.256. The lowest BCUT2D eigenvalue weighted by Crippen LogP contribution is -2.12. The molecule has 0 atom stereocenters. The molecular weight excluding hydrogens is 264 g/mol. The summed E-state index contributed by atoms with van der Waals surface area (Å²) in [6, 6.07) is 15.4. The Morgan fingerprint density at radius 3 is 2.52 bits per heavy atom. The first kappa shape index (κ1) is 11.8. The van der Waals surface area contributed by atoms with Crippen molar-refractivity contribution in [3.05, 3.63) is 65.1 Å². The van der Waals surface area contributed by atoms with Crippen molar-refractivity contribution in [3.8, 4) is 11.4 Å². The van der Waals surface area contributed by atoms with Crippen LogP contribution in [0, 0.1) is 0 Å². The van der Waals surface area contributed by atoms with Crippen LogP contribution < -0.4 is 5.56 Å². The topological polar surface area (TPSA) is 52.2 Å². The Morgan fingerprint density at radius 1 is 0.952 bits per heavy atom. The predicted octanol–water partition coefficient (Wildman–Crippen LogP) is 2.25. The fourth-order valence-corrected chi connectivity index (χ4v) is 2.60. The van der Waals surface area contributed by atoms with E-state index in [-0.39, 0.29) is 5.56 Å². The lowest BCUT2D eigenvalue weighted by molar-refractivity contribution is 0.950. The van der Waals surface area contributed by atoms with Crippen LogP contribution in [0.15, 0.2) is 59.5 Å². The van der Waals surface area contributed by atoms with Crippen LogP contribution in [0.1, 0.15) is 0 Å². The number of hydrogen-bond donors (Lipinski definition) is 0. The number of benzene rings is 1. The molecule has 5 nitrogen and oxygen atoms in total. The lowest BCUT2D eigenvalue weighted by Gasteiger charge is -2.01. The molecule has 1 aromatic carbocycles. The van der Waals surface area contributed by atoms with Crippen LogP contribution in [0.25, 0.3) is 28.2 Å². The van der Waals surface area contributed by atoms with Gasteiger partial charge >= 0.3 is 0 Å². The van der Waals surface area contributed by atoms with Crippen molar-refractivity contribution in [2.45, 2.75) is 0 Å². The van der Waals surface area contributed by atoms with E-state index in [0.717, 1.165) is 11.4 Å². The number of pyridine rings is 1. The second kappa shape index (κ2) is 4.28. The fraction of sp³-hybridized carbons (Fsp3) is 0.0625. The number of hydrogen-bond acceptors (Lipinski definition) is 3. The summed E-state index contributed by atoms with van der Waals surface area (Å²) in [6.45, 7) is 0. The van der Waals surface area contributed by atoms with E-state index in [1.165, 1.54) is 0 Å². The Kier molecular flexibility index (Phi) is 2.41. The molecule has 0 saturated heterocycles. The summed E-state index contributed by atoms with van der Waals surface area (Å²) in [5, 5.41) is 0. The molecule has 4 rings (SSSR count). The number of aromatic nitrogens is 4. The largest absolute Gasteiger partial charge is 0.321 e. The van der Waals surface area contributed by atoms with Gasteiger partial charge < -0.3 is 4.57 Å². The van der Waals surface area contributed by atoms with E-state index in [9.17, 15) is 4.79 Å². The minimum Gasteiger partial charge on any atom is -0.321 e. The zero-order chi connectivity index (χ0) is 14.4. The maximum absolute atomic E-state index is 12.3. The number of nitrogens with zero attached hydrogens (tertiary/aromatic N) is 4. The van der Waals surface area contributed by atoms with Crippen LogP contribution >= 0.6 is 0 Å². The predicted molar refractivity (Wildman–Crippen MR) is 81.2 cm³/mol. The molecule has 0 unspecified atom stereocenters. The smallest absolute Gasteiger partial charge is 0.299 e. The molecule has 5 heteroatoms. The molecule has 0 radical (unpaired) electrons. The van der Waals surface area contributed by atoms with Gasteiger partial charge in [0.1, 0.15) is 11.5 Å². The molecule has 0 aliphatic carbocycles. The molecule has 0 amide bonds. The number of imidazole rings is 1. The molecule has 3 aromatic heterocycles. The second-order valence-electron chi connectivity index (χ2n) is 4.88. The van der Waals surface area contributed by atoms with Crippen molar-refractivity contribution < 1.29 is 0 Å². The summed E-state index contributed by atoms with van der Waals surface area (Å²) in [5.41, 5.74) is 2.46. The molecule has 0 saturated carbocycles. The Hall–Kier alpha value is -2.95.